The van der Waals surface area contributed by atoms with Crippen molar-refractivity contribution in [3.05, 3.63) is 93.9 Å². The van der Waals surface area contributed by atoms with Crippen LogP contribution in [0, 0.1) is 23.5 Å². The monoisotopic (exact) mass is 386 g/mol. The maximum Gasteiger partial charge on any atom is 0.230 e. The lowest BCUT2D eigenvalue weighted by Crippen LogP contribution is -2.31. The van der Waals surface area contributed by atoms with Crippen molar-refractivity contribution < 1.29 is 19.0 Å². The van der Waals surface area contributed by atoms with E-state index in [9.17, 15) is 10.0 Å². The minimum absolute atomic E-state index is 0.00396. The molecule has 0 aliphatic carbocycles. The first-order valence-electron chi connectivity index (χ1n) is 9.20. The van der Waals surface area contributed by atoms with E-state index < -0.39 is 6.10 Å². The van der Waals surface area contributed by atoms with Crippen LogP contribution in [0.1, 0.15) is 45.3 Å². The number of aromatic nitrogens is 1. The smallest absolute Gasteiger partial charge is 0.230 e. The molecular formula is C23H18N2O4. The SMILES string of the molecule is Cc1c(OCc2cccc[n+]2[O-])ccc2c1OC(c1ccc(C#N)cc1)CC2=O. The number of hydrogen-bond acceptors (Lipinski definition) is 5. The summed E-state index contributed by atoms with van der Waals surface area (Å²) in [7, 11) is 0. The molecule has 0 spiro atoms. The molecule has 0 N–H and O–H groups in total. The summed E-state index contributed by atoms with van der Waals surface area (Å²) in [5, 5.41) is 20.8. The van der Waals surface area contributed by atoms with Crippen molar-refractivity contribution in [2.45, 2.75) is 26.1 Å². The van der Waals surface area contributed by atoms with Gasteiger partial charge in [0.1, 0.15) is 17.6 Å². The van der Waals surface area contributed by atoms with Crippen LogP contribution in [0.4, 0.5) is 0 Å². The van der Waals surface area contributed by atoms with E-state index >= 15 is 0 Å². The summed E-state index contributed by atoms with van der Waals surface area (Å²) < 4.78 is 12.7. The van der Waals surface area contributed by atoms with Crippen molar-refractivity contribution in [3.8, 4) is 17.6 Å². The molecule has 29 heavy (non-hydrogen) atoms. The number of ether oxygens (including phenoxy) is 2. The fourth-order valence-electron chi connectivity index (χ4n) is 3.35. The van der Waals surface area contributed by atoms with Gasteiger partial charge in [-0.25, -0.2) is 0 Å². The topological polar surface area (TPSA) is 86.3 Å². The lowest BCUT2D eigenvalue weighted by Gasteiger charge is -2.27. The number of pyridine rings is 1. The maximum atomic E-state index is 12.7. The largest absolute Gasteiger partial charge is 0.618 e. The number of fused-ring (bicyclic) bond motifs is 1. The number of nitriles is 1. The Kier molecular flexibility index (Phi) is 4.88. The van der Waals surface area contributed by atoms with Crippen molar-refractivity contribution in [1.29, 1.82) is 5.26 Å². The number of ketones is 1. The summed E-state index contributed by atoms with van der Waals surface area (Å²) in [4.78, 5) is 12.7. The predicted molar refractivity (Wildman–Crippen MR) is 104 cm³/mol. The third kappa shape index (κ3) is 3.63. The first kappa shape index (κ1) is 18.5. The molecule has 1 aliphatic rings. The molecular weight excluding hydrogens is 368 g/mol. The summed E-state index contributed by atoms with van der Waals surface area (Å²) in [5.41, 5.74) is 3.11. The Labute approximate surface area is 168 Å². The molecule has 0 amide bonds. The second-order valence-electron chi connectivity index (χ2n) is 6.84. The Morgan fingerprint density at radius 2 is 2.00 bits per heavy atom. The highest BCUT2D eigenvalue weighted by atomic mass is 16.5. The molecule has 144 valence electrons. The lowest BCUT2D eigenvalue weighted by atomic mass is 9.94. The van der Waals surface area contributed by atoms with E-state index in [2.05, 4.69) is 6.07 Å². The normalized spacial score (nSPS) is 15.2. The van der Waals surface area contributed by atoms with Crippen LogP contribution in [0.15, 0.2) is 60.8 Å². The first-order valence-corrected chi connectivity index (χ1v) is 9.20. The van der Waals surface area contributed by atoms with Crippen LogP contribution in [0.2, 0.25) is 0 Å². The molecule has 6 nitrogen and oxygen atoms in total. The number of hydrogen-bond donors (Lipinski definition) is 0. The zero-order chi connectivity index (χ0) is 20.4. The van der Waals surface area contributed by atoms with Gasteiger partial charge in [-0.05, 0) is 42.8 Å². The molecule has 0 radical (unpaired) electrons. The number of nitrogens with zero attached hydrogens (tertiary/aromatic N) is 2. The molecule has 1 unspecified atom stereocenters. The van der Waals surface area contributed by atoms with Gasteiger partial charge in [-0.1, -0.05) is 12.1 Å². The highest BCUT2D eigenvalue weighted by Gasteiger charge is 2.30. The highest BCUT2D eigenvalue weighted by molar-refractivity contribution is 6.00. The average molecular weight is 386 g/mol. The summed E-state index contributed by atoms with van der Waals surface area (Å²) >= 11 is 0. The van der Waals surface area contributed by atoms with Crippen molar-refractivity contribution in [2.75, 3.05) is 0 Å². The van der Waals surface area contributed by atoms with Crippen LogP contribution in [-0.2, 0) is 6.61 Å². The molecule has 0 bridgehead atoms. The number of carbonyl (C=O) groups is 1. The predicted octanol–water partition coefficient (Wildman–Crippen LogP) is 3.79. The van der Waals surface area contributed by atoms with Gasteiger partial charge in [-0.15, -0.1) is 0 Å². The van der Waals surface area contributed by atoms with Crippen LogP contribution in [0.3, 0.4) is 0 Å². The van der Waals surface area contributed by atoms with Gasteiger partial charge in [0.25, 0.3) is 0 Å². The quantitative estimate of drug-likeness (QED) is 0.503. The third-order valence-electron chi connectivity index (χ3n) is 4.98. The standard InChI is InChI=1S/C23H18N2O4/c1-15-21(28-14-18-4-2-3-11-25(18)27)10-9-19-20(26)12-22(29-23(15)19)17-7-5-16(13-24)6-8-17/h2-11,22H,12,14H2,1H3. The second-order valence-corrected chi connectivity index (χ2v) is 6.84. The Bertz CT molecular complexity index is 1120. The minimum atomic E-state index is -0.422. The maximum absolute atomic E-state index is 12.7. The van der Waals surface area contributed by atoms with Crippen molar-refractivity contribution in [1.82, 2.24) is 0 Å². The van der Waals surface area contributed by atoms with Crippen LogP contribution in [0.5, 0.6) is 11.5 Å². The van der Waals surface area contributed by atoms with Crippen LogP contribution in [-0.4, -0.2) is 5.78 Å². The molecule has 0 fully saturated rings. The Hall–Kier alpha value is -3.85. The van der Waals surface area contributed by atoms with Gasteiger partial charge >= 0.3 is 0 Å². The summed E-state index contributed by atoms with van der Waals surface area (Å²) in [6.45, 7) is 1.94. The van der Waals surface area contributed by atoms with E-state index in [1.165, 1.54) is 6.20 Å². The lowest BCUT2D eigenvalue weighted by molar-refractivity contribution is -0.616. The number of rotatable bonds is 4. The molecule has 1 aliphatic heterocycles. The van der Waals surface area contributed by atoms with E-state index in [0.29, 0.717) is 33.9 Å². The van der Waals surface area contributed by atoms with Crippen molar-refractivity contribution in [2.24, 2.45) is 0 Å². The van der Waals surface area contributed by atoms with Crippen molar-refractivity contribution in [3.63, 3.8) is 0 Å². The summed E-state index contributed by atoms with van der Waals surface area (Å²) in [6, 6.07) is 17.7. The molecule has 3 aromatic rings. The Balaban J connectivity index is 1.59. The molecule has 1 aromatic heterocycles. The van der Waals surface area contributed by atoms with Gasteiger partial charge in [-0.3, -0.25) is 4.79 Å². The second kappa shape index (κ2) is 7.64. The van der Waals surface area contributed by atoms with Gasteiger partial charge in [0, 0.05) is 17.7 Å². The van der Waals surface area contributed by atoms with Gasteiger partial charge in [0.15, 0.2) is 18.6 Å². The van der Waals surface area contributed by atoms with E-state index in [1.54, 1.807) is 54.6 Å². The zero-order valence-electron chi connectivity index (χ0n) is 15.8. The summed E-state index contributed by atoms with van der Waals surface area (Å²) in [6.07, 6.45) is 1.23. The fourth-order valence-corrected chi connectivity index (χ4v) is 3.35. The third-order valence-corrected chi connectivity index (χ3v) is 4.98. The van der Waals surface area contributed by atoms with Crippen LogP contribution in [0.25, 0.3) is 0 Å². The molecule has 6 heteroatoms. The van der Waals surface area contributed by atoms with Gasteiger partial charge in [0.05, 0.1) is 23.6 Å². The molecule has 0 saturated carbocycles. The summed E-state index contributed by atoms with van der Waals surface area (Å²) in [5.74, 6) is 1.05. The first-order chi connectivity index (χ1) is 14.1. The van der Waals surface area contributed by atoms with Crippen molar-refractivity contribution >= 4 is 5.78 Å². The average Bonchev–Trinajstić information content (AvgIpc) is 2.74. The number of benzene rings is 2. The van der Waals surface area contributed by atoms with E-state index in [0.717, 1.165) is 10.3 Å². The van der Waals surface area contributed by atoms with E-state index in [4.69, 9.17) is 14.7 Å². The van der Waals surface area contributed by atoms with E-state index in [1.807, 2.05) is 6.92 Å². The molecule has 1 atom stereocenters. The van der Waals surface area contributed by atoms with Crippen LogP contribution >= 0.6 is 0 Å². The van der Waals surface area contributed by atoms with Gasteiger partial charge in [-0.2, -0.15) is 9.99 Å². The minimum Gasteiger partial charge on any atom is -0.618 e. The Morgan fingerprint density at radius 1 is 1.21 bits per heavy atom. The molecule has 0 saturated heterocycles. The number of carbonyl (C=O) groups excluding carboxylic acids is 1. The van der Waals surface area contributed by atoms with Gasteiger partial charge < -0.3 is 14.7 Å². The molecule has 2 heterocycles. The van der Waals surface area contributed by atoms with Gasteiger partial charge in [0.2, 0.25) is 5.69 Å². The molecule has 2 aromatic carbocycles. The highest BCUT2D eigenvalue weighted by Crippen LogP contribution is 2.40. The van der Waals surface area contributed by atoms with Crippen LogP contribution < -0.4 is 14.2 Å². The molecule has 4 rings (SSSR count). The van der Waals surface area contributed by atoms with E-state index in [-0.39, 0.29) is 18.8 Å². The Morgan fingerprint density at radius 3 is 2.72 bits per heavy atom. The fraction of sp³-hybridized carbons (Fsp3) is 0.174. The zero-order valence-corrected chi connectivity index (χ0v) is 15.8. The number of Topliss-reactive ketones (excluding diaryl/α,β-unsaturated/α-hetero) is 1.